The average molecular weight is 451 g/mol. The van der Waals surface area contributed by atoms with Gasteiger partial charge in [0.15, 0.2) is 11.5 Å². The summed E-state index contributed by atoms with van der Waals surface area (Å²) in [7, 11) is 5.68. The Bertz CT molecular complexity index is 1130. The summed E-state index contributed by atoms with van der Waals surface area (Å²) in [4.78, 5) is 17.4. The molecule has 5 atom stereocenters. The van der Waals surface area contributed by atoms with E-state index in [9.17, 15) is 9.90 Å². The van der Waals surface area contributed by atoms with Gasteiger partial charge in [-0.25, -0.2) is 0 Å². The molecule has 1 N–H and O–H groups in total. The molecule has 1 spiro atoms. The van der Waals surface area contributed by atoms with Crippen LogP contribution in [-0.2, 0) is 16.6 Å². The molecule has 1 aromatic heterocycles. The second kappa shape index (κ2) is 7.29. The maximum atomic E-state index is 13.1. The zero-order chi connectivity index (χ0) is 22.9. The lowest BCUT2D eigenvalue weighted by molar-refractivity contribution is -0.134. The number of hydrogen-bond donors (Lipinski definition) is 1. The molecule has 6 rings (SSSR count). The van der Waals surface area contributed by atoms with Crippen LogP contribution in [0.15, 0.2) is 35.2 Å². The Balaban J connectivity index is 1.42. The fourth-order valence-corrected chi connectivity index (χ4v) is 7.13. The van der Waals surface area contributed by atoms with E-state index in [1.165, 1.54) is 0 Å². The lowest BCUT2D eigenvalue weighted by Gasteiger charge is -2.59. The maximum Gasteiger partial charge on any atom is 0.246 e. The van der Waals surface area contributed by atoms with Crippen molar-refractivity contribution in [2.24, 2.45) is 5.92 Å². The smallest absolute Gasteiger partial charge is 0.246 e. The number of rotatable bonds is 4. The van der Waals surface area contributed by atoms with Gasteiger partial charge in [-0.05, 0) is 57.3 Å². The van der Waals surface area contributed by atoms with Crippen LogP contribution in [0.25, 0.3) is 6.08 Å². The zero-order valence-corrected chi connectivity index (χ0v) is 19.3. The first-order chi connectivity index (χ1) is 16.0. The van der Waals surface area contributed by atoms with Gasteiger partial charge in [0.25, 0.3) is 0 Å². The van der Waals surface area contributed by atoms with Crippen LogP contribution < -0.4 is 9.47 Å². The van der Waals surface area contributed by atoms with Gasteiger partial charge in [-0.2, -0.15) is 0 Å². The molecule has 33 heavy (non-hydrogen) atoms. The van der Waals surface area contributed by atoms with Crippen molar-refractivity contribution in [3.8, 4) is 17.2 Å². The SMILES string of the molecule is COc1cc(O)c2c3c1O[C@H]1[C@@H](N(C)C(=O)/C=C/c4ccoc4)CC[C@H]4[C@@H](C2)N(C)CC[C@@]341. The summed E-state index contributed by atoms with van der Waals surface area (Å²) in [6.07, 6.45) is 10.1. The van der Waals surface area contributed by atoms with Crippen molar-refractivity contribution in [3.05, 3.63) is 47.4 Å². The van der Waals surface area contributed by atoms with Crippen LogP contribution in [0, 0.1) is 5.92 Å². The number of phenolic OH excluding ortho intramolecular Hbond substituents is 1. The Kier molecular flexibility index (Phi) is 4.56. The fourth-order valence-electron chi connectivity index (χ4n) is 7.13. The van der Waals surface area contributed by atoms with E-state index in [-0.39, 0.29) is 23.5 Å². The summed E-state index contributed by atoms with van der Waals surface area (Å²) in [5, 5.41) is 10.9. The number of methoxy groups -OCH3 is 1. The predicted molar refractivity (Wildman–Crippen MR) is 123 cm³/mol. The molecule has 2 aromatic rings. The number of likely N-dealkylation sites (tertiary alicyclic amines) is 1. The van der Waals surface area contributed by atoms with Gasteiger partial charge in [-0.3, -0.25) is 4.79 Å². The van der Waals surface area contributed by atoms with Crippen molar-refractivity contribution in [2.45, 2.75) is 49.3 Å². The van der Waals surface area contributed by atoms with Crippen molar-refractivity contribution in [2.75, 3.05) is 27.7 Å². The first-order valence-corrected chi connectivity index (χ1v) is 11.7. The average Bonchev–Trinajstić information content (AvgIpc) is 3.45. The topological polar surface area (TPSA) is 75.4 Å². The molecule has 2 aliphatic carbocycles. The number of amides is 1. The largest absolute Gasteiger partial charge is 0.508 e. The number of ether oxygens (including phenoxy) is 2. The quantitative estimate of drug-likeness (QED) is 0.721. The van der Waals surface area contributed by atoms with Crippen LogP contribution in [0.2, 0.25) is 0 Å². The molecule has 7 heteroatoms. The number of carbonyl (C=O) groups is 1. The van der Waals surface area contributed by atoms with E-state index in [2.05, 4.69) is 11.9 Å². The normalized spacial score (nSPS) is 31.8. The Hall–Kier alpha value is -2.93. The third kappa shape index (κ3) is 2.75. The molecule has 2 fully saturated rings. The number of likely N-dealkylation sites (N-methyl/N-ethyl adjacent to an activating group) is 2. The van der Waals surface area contributed by atoms with Crippen LogP contribution >= 0.6 is 0 Å². The highest BCUT2D eigenvalue weighted by Gasteiger charge is 2.66. The molecule has 0 unspecified atom stereocenters. The third-order valence-electron chi connectivity index (χ3n) is 8.68. The van der Waals surface area contributed by atoms with E-state index >= 15 is 0 Å². The van der Waals surface area contributed by atoms with Crippen molar-refractivity contribution in [1.82, 2.24) is 9.80 Å². The molecule has 174 valence electrons. The highest BCUT2D eigenvalue weighted by atomic mass is 16.5. The Labute approximate surface area is 193 Å². The summed E-state index contributed by atoms with van der Waals surface area (Å²) < 4.78 is 17.5. The Morgan fingerprint density at radius 2 is 2.24 bits per heavy atom. The monoisotopic (exact) mass is 450 g/mol. The van der Waals surface area contributed by atoms with Gasteiger partial charge < -0.3 is 28.8 Å². The summed E-state index contributed by atoms with van der Waals surface area (Å²) in [6, 6.07) is 3.82. The molecule has 2 aliphatic heterocycles. The van der Waals surface area contributed by atoms with Crippen molar-refractivity contribution < 1.29 is 23.8 Å². The van der Waals surface area contributed by atoms with Gasteiger partial charge in [0.05, 0.1) is 25.7 Å². The minimum Gasteiger partial charge on any atom is -0.508 e. The van der Waals surface area contributed by atoms with Crippen LogP contribution in [0.5, 0.6) is 17.2 Å². The number of nitrogens with zero attached hydrogens (tertiary/aromatic N) is 2. The number of hydrogen-bond acceptors (Lipinski definition) is 6. The van der Waals surface area contributed by atoms with Crippen LogP contribution in [0.3, 0.4) is 0 Å². The molecular formula is C26H30N2O5. The number of piperidine rings is 1. The van der Waals surface area contributed by atoms with E-state index in [0.717, 1.165) is 54.7 Å². The number of phenols is 1. The highest BCUT2D eigenvalue weighted by molar-refractivity contribution is 5.91. The van der Waals surface area contributed by atoms with E-state index in [0.29, 0.717) is 23.5 Å². The summed E-state index contributed by atoms with van der Waals surface area (Å²) >= 11 is 0. The van der Waals surface area contributed by atoms with Crippen molar-refractivity contribution >= 4 is 12.0 Å². The molecular weight excluding hydrogens is 420 g/mol. The summed E-state index contributed by atoms with van der Waals surface area (Å²) in [5.74, 6) is 2.03. The molecule has 4 aliphatic rings. The van der Waals surface area contributed by atoms with E-state index in [4.69, 9.17) is 13.9 Å². The number of carbonyl (C=O) groups excluding carboxylic acids is 1. The standard InChI is InChI=1S/C26H30N2O5/c1-27-10-9-26-17-5-6-18(28(2)22(30)7-4-15-8-11-32-14-15)25(26)33-24-21(31-3)13-20(29)16(23(24)26)12-19(17)27/h4,7-8,11,13-14,17-19,25,29H,5-6,9-10,12H2,1-3H3/b7-4+/t17-,18-,19+,25-,26-/m0/s1. The number of benzene rings is 1. The fraction of sp³-hybridized carbons (Fsp3) is 0.500. The molecule has 1 saturated carbocycles. The van der Waals surface area contributed by atoms with Crippen molar-refractivity contribution in [1.29, 1.82) is 0 Å². The summed E-state index contributed by atoms with van der Waals surface area (Å²) in [5.41, 5.74) is 2.78. The Morgan fingerprint density at radius 1 is 1.39 bits per heavy atom. The minimum absolute atomic E-state index is 0.0501. The first kappa shape index (κ1) is 20.7. The second-order valence-electron chi connectivity index (χ2n) is 9.95. The van der Waals surface area contributed by atoms with E-state index in [1.807, 2.05) is 18.0 Å². The molecule has 1 amide bonds. The second-order valence-corrected chi connectivity index (χ2v) is 9.95. The first-order valence-electron chi connectivity index (χ1n) is 11.7. The predicted octanol–water partition coefficient (Wildman–Crippen LogP) is 3.20. The number of furan rings is 1. The van der Waals surface area contributed by atoms with Gasteiger partial charge in [0.1, 0.15) is 11.9 Å². The maximum absolute atomic E-state index is 13.1. The van der Waals surface area contributed by atoms with Crippen molar-refractivity contribution in [3.63, 3.8) is 0 Å². The van der Waals surface area contributed by atoms with Gasteiger partial charge >= 0.3 is 0 Å². The minimum atomic E-state index is -0.210. The lowest BCUT2D eigenvalue weighted by Crippen LogP contribution is -2.68. The molecule has 1 aromatic carbocycles. The highest BCUT2D eigenvalue weighted by Crippen LogP contribution is 2.65. The van der Waals surface area contributed by atoms with E-state index < -0.39 is 0 Å². The van der Waals surface area contributed by atoms with E-state index in [1.54, 1.807) is 37.9 Å². The van der Waals surface area contributed by atoms with Gasteiger partial charge in [0.2, 0.25) is 5.91 Å². The lowest BCUT2D eigenvalue weighted by atomic mass is 9.51. The number of aromatic hydroxyl groups is 1. The molecule has 2 bridgehead atoms. The summed E-state index contributed by atoms with van der Waals surface area (Å²) in [6.45, 7) is 0.975. The van der Waals surface area contributed by atoms with Crippen LogP contribution in [0.4, 0.5) is 0 Å². The molecule has 1 saturated heterocycles. The molecule has 3 heterocycles. The molecule has 7 nitrogen and oxygen atoms in total. The molecule has 0 radical (unpaired) electrons. The van der Waals surface area contributed by atoms with Gasteiger partial charge in [0, 0.05) is 47.3 Å². The van der Waals surface area contributed by atoms with Gasteiger partial charge in [-0.1, -0.05) is 0 Å². The Morgan fingerprint density at radius 3 is 3.00 bits per heavy atom. The van der Waals surface area contributed by atoms with Crippen LogP contribution in [0.1, 0.15) is 36.0 Å². The van der Waals surface area contributed by atoms with Crippen LogP contribution in [-0.4, -0.2) is 66.8 Å². The zero-order valence-electron chi connectivity index (χ0n) is 19.3. The third-order valence-corrected chi connectivity index (χ3v) is 8.68. The van der Waals surface area contributed by atoms with Gasteiger partial charge in [-0.15, -0.1) is 0 Å².